The molecule has 2 nitrogen and oxygen atoms in total. The SMILES string of the molecule is COC1=NC=CC=C=C1. The highest BCUT2D eigenvalue weighted by Crippen LogP contribution is 1.88. The molecule has 1 heterocycles. The monoisotopic (exact) mass is 121 g/mol. The highest BCUT2D eigenvalue weighted by atomic mass is 16.5. The summed E-state index contributed by atoms with van der Waals surface area (Å²) in [6, 6.07) is 0. The van der Waals surface area contributed by atoms with E-state index in [4.69, 9.17) is 4.74 Å². The molecule has 0 N–H and O–H groups in total. The predicted octanol–water partition coefficient (Wildman–Crippen LogP) is 1.27. The Hall–Kier alpha value is -1.27. The van der Waals surface area contributed by atoms with Gasteiger partial charge in [-0.25, -0.2) is 4.99 Å². The van der Waals surface area contributed by atoms with E-state index in [1.54, 1.807) is 31.5 Å². The summed E-state index contributed by atoms with van der Waals surface area (Å²) in [7, 11) is 1.58. The van der Waals surface area contributed by atoms with Crippen molar-refractivity contribution in [3.63, 3.8) is 0 Å². The molecule has 0 saturated carbocycles. The van der Waals surface area contributed by atoms with E-state index in [-0.39, 0.29) is 0 Å². The normalized spacial score (nSPS) is 15.0. The molecule has 46 valence electrons. The molecule has 1 rings (SSSR count). The quantitative estimate of drug-likeness (QED) is 0.442. The van der Waals surface area contributed by atoms with E-state index < -0.39 is 0 Å². The first-order valence-electron chi connectivity index (χ1n) is 2.63. The van der Waals surface area contributed by atoms with Crippen LogP contribution in [-0.2, 0) is 4.74 Å². The molecular formula is C7H7NO. The smallest absolute Gasteiger partial charge is 0.220 e. The third-order valence-electron chi connectivity index (χ3n) is 0.896. The fourth-order valence-electron chi connectivity index (χ4n) is 0.483. The van der Waals surface area contributed by atoms with Crippen LogP contribution in [0.5, 0.6) is 0 Å². The predicted molar refractivity (Wildman–Crippen MR) is 36.2 cm³/mol. The van der Waals surface area contributed by atoms with E-state index >= 15 is 0 Å². The summed E-state index contributed by atoms with van der Waals surface area (Å²) < 4.78 is 4.83. The van der Waals surface area contributed by atoms with Gasteiger partial charge in [-0.1, -0.05) is 0 Å². The molecule has 0 aromatic heterocycles. The molecule has 0 unspecified atom stereocenters. The number of hydrogen-bond acceptors (Lipinski definition) is 2. The summed E-state index contributed by atoms with van der Waals surface area (Å²) in [6.07, 6.45) is 6.91. The zero-order valence-corrected chi connectivity index (χ0v) is 5.16. The largest absolute Gasteiger partial charge is 0.481 e. The van der Waals surface area contributed by atoms with Crippen LogP contribution in [0.4, 0.5) is 0 Å². The number of nitrogens with zero attached hydrogens (tertiary/aromatic N) is 1. The van der Waals surface area contributed by atoms with E-state index in [2.05, 4.69) is 10.7 Å². The molecule has 0 amide bonds. The van der Waals surface area contributed by atoms with E-state index in [9.17, 15) is 0 Å². The van der Waals surface area contributed by atoms with Crippen molar-refractivity contribution < 1.29 is 4.74 Å². The first kappa shape index (κ1) is 5.86. The van der Waals surface area contributed by atoms with Gasteiger partial charge in [0.2, 0.25) is 5.90 Å². The van der Waals surface area contributed by atoms with Gasteiger partial charge in [0.05, 0.1) is 7.11 Å². The third-order valence-corrected chi connectivity index (χ3v) is 0.896. The minimum Gasteiger partial charge on any atom is -0.481 e. The zero-order valence-electron chi connectivity index (χ0n) is 5.16. The Labute approximate surface area is 53.9 Å². The molecule has 2 heteroatoms. The van der Waals surface area contributed by atoms with Crippen LogP contribution in [0.25, 0.3) is 0 Å². The maximum atomic E-state index is 4.83. The van der Waals surface area contributed by atoms with Crippen LogP contribution >= 0.6 is 0 Å². The lowest BCUT2D eigenvalue weighted by Crippen LogP contribution is -1.92. The van der Waals surface area contributed by atoms with Crippen molar-refractivity contribution in [1.29, 1.82) is 0 Å². The van der Waals surface area contributed by atoms with Gasteiger partial charge < -0.3 is 4.74 Å². The van der Waals surface area contributed by atoms with Crippen molar-refractivity contribution in [2.75, 3.05) is 7.11 Å². The van der Waals surface area contributed by atoms with Crippen molar-refractivity contribution in [3.8, 4) is 0 Å². The van der Waals surface area contributed by atoms with Gasteiger partial charge in [0, 0.05) is 12.3 Å². The molecule has 0 aromatic rings. The van der Waals surface area contributed by atoms with Gasteiger partial charge in [0.25, 0.3) is 0 Å². The van der Waals surface area contributed by atoms with Crippen LogP contribution < -0.4 is 0 Å². The van der Waals surface area contributed by atoms with Crippen LogP contribution in [0.15, 0.2) is 35.2 Å². The van der Waals surface area contributed by atoms with E-state index in [1.165, 1.54) is 0 Å². The van der Waals surface area contributed by atoms with E-state index in [0.717, 1.165) is 0 Å². The van der Waals surface area contributed by atoms with Gasteiger partial charge in [-0.05, 0) is 12.2 Å². The minimum atomic E-state index is 0.583. The zero-order chi connectivity index (χ0) is 6.53. The van der Waals surface area contributed by atoms with Crippen LogP contribution in [0.1, 0.15) is 0 Å². The molecule has 0 spiro atoms. The topological polar surface area (TPSA) is 21.6 Å². The van der Waals surface area contributed by atoms with Gasteiger partial charge in [-0.15, -0.1) is 5.73 Å². The Kier molecular flexibility index (Phi) is 1.89. The van der Waals surface area contributed by atoms with Crippen LogP contribution in [-0.4, -0.2) is 13.0 Å². The second kappa shape index (κ2) is 2.90. The van der Waals surface area contributed by atoms with Gasteiger partial charge in [-0.3, -0.25) is 0 Å². The lowest BCUT2D eigenvalue weighted by Gasteiger charge is -1.91. The Balaban J connectivity index is 2.82. The van der Waals surface area contributed by atoms with Gasteiger partial charge in [0.1, 0.15) is 0 Å². The summed E-state index contributed by atoms with van der Waals surface area (Å²) >= 11 is 0. The lowest BCUT2D eigenvalue weighted by molar-refractivity contribution is 0.407. The summed E-state index contributed by atoms with van der Waals surface area (Å²) in [5.41, 5.74) is 2.86. The number of methoxy groups -OCH3 is 1. The fraction of sp³-hybridized carbons (Fsp3) is 0.143. The standard InChI is InChI=1S/C7H7NO/c1-9-7-5-3-2-4-6-8-7/h2,4-6H,1H3. The summed E-state index contributed by atoms with van der Waals surface area (Å²) in [5.74, 6) is 0.583. The number of hydrogen-bond donors (Lipinski definition) is 0. The minimum absolute atomic E-state index is 0.583. The van der Waals surface area contributed by atoms with Crippen molar-refractivity contribution in [2.24, 2.45) is 4.99 Å². The molecule has 0 atom stereocenters. The molecule has 1 aliphatic heterocycles. The van der Waals surface area contributed by atoms with E-state index in [0.29, 0.717) is 5.90 Å². The highest BCUT2D eigenvalue weighted by molar-refractivity contribution is 5.88. The van der Waals surface area contributed by atoms with Crippen molar-refractivity contribution in [2.45, 2.75) is 0 Å². The first-order valence-corrected chi connectivity index (χ1v) is 2.63. The van der Waals surface area contributed by atoms with Gasteiger partial charge in [0.15, 0.2) is 0 Å². The highest BCUT2D eigenvalue weighted by Gasteiger charge is 1.86. The van der Waals surface area contributed by atoms with Crippen molar-refractivity contribution in [1.82, 2.24) is 0 Å². The fourth-order valence-corrected chi connectivity index (χ4v) is 0.483. The average molecular weight is 121 g/mol. The summed E-state index contributed by atoms with van der Waals surface area (Å²) in [4.78, 5) is 3.91. The first-order chi connectivity index (χ1) is 4.43. The Morgan fingerprint density at radius 3 is 3.33 bits per heavy atom. The van der Waals surface area contributed by atoms with Gasteiger partial charge >= 0.3 is 0 Å². The second-order valence-corrected chi connectivity index (χ2v) is 1.49. The third kappa shape index (κ3) is 1.59. The molecule has 0 radical (unpaired) electrons. The maximum absolute atomic E-state index is 4.83. The number of allylic oxidation sites excluding steroid dienone is 1. The molecule has 0 fully saturated rings. The molecule has 0 aliphatic carbocycles. The molecule has 1 aliphatic rings. The molecular weight excluding hydrogens is 114 g/mol. The molecule has 0 bridgehead atoms. The summed E-state index contributed by atoms with van der Waals surface area (Å²) in [5, 5.41) is 0. The van der Waals surface area contributed by atoms with Crippen LogP contribution in [0.2, 0.25) is 0 Å². The Morgan fingerprint density at radius 1 is 1.67 bits per heavy atom. The second-order valence-electron chi connectivity index (χ2n) is 1.49. The Morgan fingerprint density at radius 2 is 2.56 bits per heavy atom. The van der Waals surface area contributed by atoms with Gasteiger partial charge in [-0.2, -0.15) is 0 Å². The number of aliphatic imine (C=N–C) groups is 1. The van der Waals surface area contributed by atoms with Crippen molar-refractivity contribution >= 4 is 5.90 Å². The number of rotatable bonds is 0. The van der Waals surface area contributed by atoms with E-state index in [1.807, 2.05) is 0 Å². The average Bonchev–Trinajstić information content (AvgIpc) is 2.13. The summed E-state index contributed by atoms with van der Waals surface area (Å²) in [6.45, 7) is 0. The molecule has 0 saturated heterocycles. The lowest BCUT2D eigenvalue weighted by atomic mass is 10.5. The molecule has 0 aromatic carbocycles. The number of ether oxygens (including phenoxy) is 1. The Bertz CT molecular complexity index is 207. The molecule has 9 heavy (non-hydrogen) atoms. The van der Waals surface area contributed by atoms with Crippen molar-refractivity contribution in [3.05, 3.63) is 30.2 Å². The maximum Gasteiger partial charge on any atom is 0.220 e. The van der Waals surface area contributed by atoms with Crippen LogP contribution in [0.3, 0.4) is 0 Å². The van der Waals surface area contributed by atoms with Crippen LogP contribution in [0, 0.1) is 0 Å².